The molecule has 2 aliphatic rings. The Labute approximate surface area is 142 Å². The van der Waals surface area contributed by atoms with Crippen LogP contribution in [0.15, 0.2) is 42.5 Å². The van der Waals surface area contributed by atoms with E-state index in [9.17, 15) is 4.39 Å². The zero-order valence-electron chi connectivity index (χ0n) is 13.8. The van der Waals surface area contributed by atoms with Crippen LogP contribution in [0.3, 0.4) is 0 Å². The third-order valence-corrected chi connectivity index (χ3v) is 5.44. The number of nitrogens with zero attached hydrogens (tertiary/aromatic N) is 1. The molecular weight excluding hydrogens is 303 g/mol. The predicted molar refractivity (Wildman–Crippen MR) is 93.4 cm³/mol. The topological polar surface area (TPSA) is 38.5 Å². The maximum absolute atomic E-state index is 13.1. The second-order valence-electron chi connectivity index (χ2n) is 6.92. The van der Waals surface area contributed by atoms with Gasteiger partial charge >= 0.3 is 0 Å². The largest absolute Gasteiger partial charge is 0.487 e. The number of fused-ring (bicyclic) bond motifs is 1. The number of piperidine rings is 1. The Morgan fingerprint density at radius 3 is 2.42 bits per heavy atom. The van der Waals surface area contributed by atoms with Crippen molar-refractivity contribution in [3.8, 4) is 16.9 Å². The molecule has 1 saturated heterocycles. The summed E-state index contributed by atoms with van der Waals surface area (Å²) in [4.78, 5) is 2.28. The lowest BCUT2D eigenvalue weighted by Gasteiger charge is -2.44. The van der Waals surface area contributed by atoms with Gasteiger partial charge in [0.05, 0.1) is 0 Å². The molecule has 4 heteroatoms. The van der Waals surface area contributed by atoms with Crippen LogP contribution in [-0.4, -0.2) is 30.3 Å². The summed E-state index contributed by atoms with van der Waals surface area (Å²) in [5.41, 5.74) is 9.13. The number of hydrogen-bond donors (Lipinski definition) is 1. The van der Waals surface area contributed by atoms with Gasteiger partial charge in [-0.2, -0.15) is 0 Å². The first kappa shape index (κ1) is 15.6. The normalized spacial score (nSPS) is 19.8. The molecule has 3 nitrogen and oxygen atoms in total. The number of hydrogen-bond acceptors (Lipinski definition) is 3. The van der Waals surface area contributed by atoms with Crippen LogP contribution in [0.2, 0.25) is 0 Å². The maximum Gasteiger partial charge on any atom is 0.123 e. The minimum absolute atomic E-state index is 0.0178. The average molecular weight is 326 g/mol. The van der Waals surface area contributed by atoms with Crippen LogP contribution in [0, 0.1) is 5.82 Å². The minimum Gasteiger partial charge on any atom is -0.487 e. The van der Waals surface area contributed by atoms with Crippen LogP contribution in [0.4, 0.5) is 4.39 Å². The molecule has 1 spiro atoms. The molecule has 0 saturated carbocycles. The molecule has 0 aromatic heterocycles. The standard InChI is InChI=1S/C20H23FN2O/c21-18-4-1-15(2-5-18)16-3-6-19-17(13-16)7-8-20(24-19)9-11-23(14-22)12-10-20/h1-6,13H,7-12,14,22H2. The van der Waals surface area contributed by atoms with Gasteiger partial charge in [0.2, 0.25) is 0 Å². The molecule has 0 unspecified atom stereocenters. The van der Waals surface area contributed by atoms with Crippen molar-refractivity contribution in [2.75, 3.05) is 19.8 Å². The predicted octanol–water partition coefficient (Wildman–Crippen LogP) is 3.57. The zero-order chi connectivity index (χ0) is 16.6. The molecule has 4 rings (SSSR count). The zero-order valence-corrected chi connectivity index (χ0v) is 13.8. The highest BCUT2D eigenvalue weighted by Crippen LogP contribution is 2.40. The first-order valence-electron chi connectivity index (χ1n) is 8.68. The van der Waals surface area contributed by atoms with E-state index in [-0.39, 0.29) is 11.4 Å². The third kappa shape index (κ3) is 2.92. The van der Waals surface area contributed by atoms with Crippen LogP contribution in [-0.2, 0) is 6.42 Å². The number of likely N-dealkylation sites (tertiary alicyclic amines) is 1. The number of halogens is 1. The SMILES string of the molecule is NCN1CCC2(CCc3cc(-c4ccc(F)cc4)ccc3O2)CC1. The molecule has 0 atom stereocenters. The van der Waals surface area contributed by atoms with Crippen LogP contribution in [0.1, 0.15) is 24.8 Å². The summed E-state index contributed by atoms with van der Waals surface area (Å²) in [6, 6.07) is 13.0. The quantitative estimate of drug-likeness (QED) is 0.917. The van der Waals surface area contributed by atoms with Crippen molar-refractivity contribution < 1.29 is 9.13 Å². The maximum atomic E-state index is 13.1. The van der Waals surface area contributed by atoms with Gasteiger partial charge in [0.25, 0.3) is 0 Å². The van der Waals surface area contributed by atoms with Gasteiger partial charge in [-0.3, -0.25) is 4.90 Å². The lowest BCUT2D eigenvalue weighted by Crippen LogP contribution is -2.50. The highest BCUT2D eigenvalue weighted by molar-refractivity contribution is 5.66. The summed E-state index contributed by atoms with van der Waals surface area (Å²) < 4.78 is 19.5. The first-order chi connectivity index (χ1) is 11.7. The fourth-order valence-corrected chi connectivity index (χ4v) is 3.84. The van der Waals surface area contributed by atoms with E-state index in [0.717, 1.165) is 55.6 Å². The lowest BCUT2D eigenvalue weighted by molar-refractivity contribution is -0.0138. The van der Waals surface area contributed by atoms with Crippen molar-refractivity contribution in [1.29, 1.82) is 0 Å². The van der Waals surface area contributed by atoms with Gasteiger partial charge < -0.3 is 10.5 Å². The molecule has 2 aromatic rings. The van der Waals surface area contributed by atoms with Crippen LogP contribution in [0.5, 0.6) is 5.75 Å². The van der Waals surface area contributed by atoms with Crippen molar-refractivity contribution in [2.24, 2.45) is 5.73 Å². The highest BCUT2D eigenvalue weighted by atomic mass is 19.1. The Kier molecular flexibility index (Phi) is 4.02. The molecule has 0 aliphatic carbocycles. The molecular formula is C20H23FN2O. The molecule has 2 heterocycles. The van der Waals surface area contributed by atoms with Gasteiger partial charge in [-0.1, -0.05) is 18.2 Å². The summed E-state index contributed by atoms with van der Waals surface area (Å²) in [6.45, 7) is 2.66. The molecule has 2 aromatic carbocycles. The number of ether oxygens (including phenoxy) is 1. The average Bonchev–Trinajstić information content (AvgIpc) is 2.63. The lowest BCUT2D eigenvalue weighted by atomic mass is 9.82. The van der Waals surface area contributed by atoms with Gasteiger partial charge in [0, 0.05) is 19.8 Å². The van der Waals surface area contributed by atoms with E-state index < -0.39 is 0 Å². The molecule has 0 bridgehead atoms. The summed E-state index contributed by atoms with van der Waals surface area (Å²) in [5.74, 6) is 0.805. The van der Waals surface area contributed by atoms with Gasteiger partial charge in [-0.15, -0.1) is 0 Å². The summed E-state index contributed by atoms with van der Waals surface area (Å²) in [6.07, 6.45) is 4.19. The van der Waals surface area contributed by atoms with Gasteiger partial charge in [-0.05, 0) is 66.6 Å². The van der Waals surface area contributed by atoms with Crippen molar-refractivity contribution in [1.82, 2.24) is 4.90 Å². The minimum atomic E-state index is -0.203. The summed E-state index contributed by atoms with van der Waals surface area (Å²) >= 11 is 0. The first-order valence-corrected chi connectivity index (χ1v) is 8.68. The fraction of sp³-hybridized carbons (Fsp3) is 0.400. The monoisotopic (exact) mass is 326 g/mol. The van der Waals surface area contributed by atoms with Gasteiger partial charge in [0.15, 0.2) is 0 Å². The van der Waals surface area contributed by atoms with Crippen LogP contribution in [0.25, 0.3) is 11.1 Å². The fourth-order valence-electron chi connectivity index (χ4n) is 3.84. The van der Waals surface area contributed by atoms with E-state index >= 15 is 0 Å². The van der Waals surface area contributed by atoms with Crippen molar-refractivity contribution in [3.63, 3.8) is 0 Å². The Morgan fingerprint density at radius 2 is 1.71 bits per heavy atom. The van der Waals surface area contributed by atoms with E-state index in [1.807, 2.05) is 12.1 Å². The number of benzene rings is 2. The van der Waals surface area contributed by atoms with Gasteiger partial charge in [0.1, 0.15) is 17.2 Å². The van der Waals surface area contributed by atoms with E-state index in [1.165, 1.54) is 17.7 Å². The molecule has 2 N–H and O–H groups in total. The van der Waals surface area contributed by atoms with Crippen molar-refractivity contribution in [2.45, 2.75) is 31.3 Å². The van der Waals surface area contributed by atoms with Crippen molar-refractivity contribution in [3.05, 3.63) is 53.8 Å². The Morgan fingerprint density at radius 1 is 1.00 bits per heavy atom. The highest BCUT2D eigenvalue weighted by Gasteiger charge is 2.39. The van der Waals surface area contributed by atoms with E-state index in [2.05, 4.69) is 23.1 Å². The Balaban J connectivity index is 1.54. The Bertz CT molecular complexity index is 721. The van der Waals surface area contributed by atoms with Crippen LogP contribution >= 0.6 is 0 Å². The van der Waals surface area contributed by atoms with E-state index in [0.29, 0.717) is 6.67 Å². The summed E-state index contributed by atoms with van der Waals surface area (Å²) in [5, 5.41) is 0. The second-order valence-corrected chi connectivity index (χ2v) is 6.92. The molecule has 2 aliphatic heterocycles. The number of nitrogens with two attached hydrogens (primary N) is 1. The second kappa shape index (κ2) is 6.19. The molecule has 0 amide bonds. The number of aryl methyl sites for hydroxylation is 1. The van der Waals surface area contributed by atoms with E-state index in [4.69, 9.17) is 10.5 Å². The summed E-state index contributed by atoms with van der Waals surface area (Å²) in [7, 11) is 0. The van der Waals surface area contributed by atoms with Gasteiger partial charge in [-0.25, -0.2) is 4.39 Å². The molecule has 126 valence electrons. The number of rotatable bonds is 2. The van der Waals surface area contributed by atoms with Crippen LogP contribution < -0.4 is 10.5 Å². The van der Waals surface area contributed by atoms with Crippen molar-refractivity contribution >= 4 is 0 Å². The Hall–Kier alpha value is -1.91. The smallest absolute Gasteiger partial charge is 0.123 e. The molecule has 0 radical (unpaired) electrons. The molecule has 24 heavy (non-hydrogen) atoms. The third-order valence-electron chi connectivity index (χ3n) is 5.44. The molecule has 1 fully saturated rings. The van der Waals surface area contributed by atoms with E-state index in [1.54, 1.807) is 0 Å².